The molecular formula is C21H27O3PS. The van der Waals surface area contributed by atoms with Crippen LogP contribution in [0.5, 0.6) is 0 Å². The molecule has 5 heteroatoms. The Kier molecular flexibility index (Phi) is 6.97. The van der Waals surface area contributed by atoms with Gasteiger partial charge in [0, 0.05) is 16.6 Å². The Labute approximate surface area is 161 Å². The Morgan fingerprint density at radius 3 is 2.58 bits per heavy atom. The number of fused-ring (bicyclic) bond motifs is 1. The highest BCUT2D eigenvalue weighted by atomic mass is 32.2. The molecule has 0 bridgehead atoms. The molecule has 2 atom stereocenters. The summed E-state index contributed by atoms with van der Waals surface area (Å²) in [6.45, 7) is 0. The summed E-state index contributed by atoms with van der Waals surface area (Å²) < 4.78 is 0. The van der Waals surface area contributed by atoms with Gasteiger partial charge in [0.1, 0.15) is 0 Å². The van der Waals surface area contributed by atoms with E-state index < -0.39 is 11.6 Å². The number of hydrogen-bond acceptors (Lipinski definition) is 3. The molecule has 2 N–H and O–H groups in total. The van der Waals surface area contributed by atoms with Gasteiger partial charge in [-0.1, -0.05) is 62.4 Å². The number of aliphatic carboxylic acids is 1. The third-order valence-corrected chi connectivity index (χ3v) is 8.04. The second-order valence-electron chi connectivity index (χ2n) is 7.27. The summed E-state index contributed by atoms with van der Waals surface area (Å²) in [6.07, 6.45) is 6.47. The predicted molar refractivity (Wildman–Crippen MR) is 112 cm³/mol. The molecule has 0 heterocycles. The summed E-state index contributed by atoms with van der Waals surface area (Å²) >= 11 is 1.74. The van der Waals surface area contributed by atoms with Crippen molar-refractivity contribution >= 4 is 37.1 Å². The van der Waals surface area contributed by atoms with Gasteiger partial charge in [-0.05, 0) is 35.2 Å². The van der Waals surface area contributed by atoms with Gasteiger partial charge < -0.3 is 10.2 Å². The lowest BCUT2D eigenvalue weighted by atomic mass is 9.81. The fraction of sp³-hybridized carbons (Fsp3) is 0.476. The number of hydrogen-bond donors (Lipinski definition) is 2. The Bertz CT molecular complexity index is 745. The number of carboxylic acid groups (broad SMARTS) is 1. The lowest BCUT2D eigenvalue weighted by Crippen LogP contribution is -2.43. The number of carboxylic acids is 1. The lowest BCUT2D eigenvalue weighted by Gasteiger charge is -2.30. The molecule has 0 radical (unpaired) electrons. The van der Waals surface area contributed by atoms with Crippen molar-refractivity contribution in [2.75, 3.05) is 11.7 Å². The number of rotatable bonds is 8. The maximum Gasteiger partial charge on any atom is 0.336 e. The standard InChI is InChI=1S/C21H27O3PS/c22-20(23)21(24,13-16-6-2-1-3-7-16)14-25-15-26-19-11-10-17-8-4-5-9-18(17)12-19/h4-5,8-12,16,24-25H,1-3,6-7,13-15H2,(H,22,23). The molecule has 2 aromatic rings. The number of thioether (sulfide) groups is 1. The van der Waals surface area contributed by atoms with Crippen molar-refractivity contribution in [1.82, 2.24) is 0 Å². The van der Waals surface area contributed by atoms with Crippen molar-refractivity contribution < 1.29 is 15.0 Å². The van der Waals surface area contributed by atoms with Crippen LogP contribution in [-0.4, -0.2) is 33.4 Å². The van der Waals surface area contributed by atoms with Gasteiger partial charge in [-0.15, -0.1) is 20.3 Å². The number of carbonyl (C=O) groups is 1. The zero-order valence-electron chi connectivity index (χ0n) is 15.0. The summed E-state index contributed by atoms with van der Waals surface area (Å²) in [4.78, 5) is 12.8. The van der Waals surface area contributed by atoms with Crippen LogP contribution in [0.3, 0.4) is 0 Å². The molecular weight excluding hydrogens is 363 g/mol. The van der Waals surface area contributed by atoms with Crippen LogP contribution in [0.1, 0.15) is 38.5 Å². The first-order chi connectivity index (χ1) is 12.6. The van der Waals surface area contributed by atoms with Crippen molar-refractivity contribution in [2.24, 2.45) is 5.92 Å². The van der Waals surface area contributed by atoms with E-state index in [0.29, 0.717) is 27.1 Å². The first kappa shape index (κ1) is 19.7. The molecule has 1 aliphatic rings. The molecule has 0 saturated heterocycles. The largest absolute Gasteiger partial charge is 0.479 e. The first-order valence-corrected chi connectivity index (χ1v) is 11.7. The van der Waals surface area contributed by atoms with E-state index in [9.17, 15) is 15.0 Å². The van der Waals surface area contributed by atoms with Gasteiger partial charge in [-0.25, -0.2) is 4.79 Å². The van der Waals surface area contributed by atoms with Crippen LogP contribution in [0.15, 0.2) is 47.4 Å². The minimum atomic E-state index is -1.55. The van der Waals surface area contributed by atoms with Gasteiger partial charge in [0.05, 0.1) is 0 Å². The van der Waals surface area contributed by atoms with E-state index in [0.717, 1.165) is 18.3 Å². The van der Waals surface area contributed by atoms with E-state index in [2.05, 4.69) is 30.3 Å². The molecule has 1 saturated carbocycles. The quantitative estimate of drug-likeness (QED) is 0.362. The molecule has 1 aliphatic carbocycles. The smallest absolute Gasteiger partial charge is 0.336 e. The number of aliphatic hydroxyl groups is 1. The Balaban J connectivity index is 1.51. The Morgan fingerprint density at radius 2 is 1.85 bits per heavy atom. The molecule has 0 spiro atoms. The second kappa shape index (κ2) is 9.21. The third kappa shape index (κ3) is 5.22. The average molecular weight is 390 g/mol. The fourth-order valence-corrected chi connectivity index (χ4v) is 6.32. The van der Waals surface area contributed by atoms with E-state index >= 15 is 0 Å². The minimum Gasteiger partial charge on any atom is -0.479 e. The summed E-state index contributed by atoms with van der Waals surface area (Å²) in [7, 11) is 0.432. The molecule has 3 nitrogen and oxygen atoms in total. The molecule has 0 aromatic heterocycles. The van der Waals surface area contributed by atoms with Crippen molar-refractivity contribution in [3.63, 3.8) is 0 Å². The molecule has 26 heavy (non-hydrogen) atoms. The van der Waals surface area contributed by atoms with Crippen molar-refractivity contribution in [3.05, 3.63) is 42.5 Å². The van der Waals surface area contributed by atoms with Crippen LogP contribution < -0.4 is 0 Å². The lowest BCUT2D eigenvalue weighted by molar-refractivity contribution is -0.158. The van der Waals surface area contributed by atoms with Gasteiger partial charge in [-0.2, -0.15) is 0 Å². The van der Waals surface area contributed by atoms with Crippen molar-refractivity contribution in [3.8, 4) is 0 Å². The maximum atomic E-state index is 11.7. The van der Waals surface area contributed by atoms with Crippen molar-refractivity contribution in [1.29, 1.82) is 0 Å². The molecule has 140 valence electrons. The summed E-state index contributed by atoms with van der Waals surface area (Å²) in [6, 6.07) is 14.7. The second-order valence-corrected chi connectivity index (χ2v) is 10.0. The minimum absolute atomic E-state index is 0.361. The first-order valence-electron chi connectivity index (χ1n) is 9.35. The van der Waals surface area contributed by atoms with E-state index in [4.69, 9.17) is 0 Å². The zero-order chi connectivity index (χ0) is 18.4. The predicted octanol–water partition coefficient (Wildman–Crippen LogP) is 5.35. The van der Waals surface area contributed by atoms with Crippen LogP contribution in [0, 0.1) is 5.92 Å². The topological polar surface area (TPSA) is 57.5 Å². The van der Waals surface area contributed by atoms with E-state index in [1.807, 2.05) is 12.1 Å². The third-order valence-electron chi connectivity index (χ3n) is 5.23. The van der Waals surface area contributed by atoms with Gasteiger partial charge in [0.25, 0.3) is 0 Å². The van der Waals surface area contributed by atoms with Crippen LogP contribution in [0.25, 0.3) is 10.8 Å². The van der Waals surface area contributed by atoms with Crippen LogP contribution in [-0.2, 0) is 4.79 Å². The van der Waals surface area contributed by atoms with E-state index in [1.165, 1.54) is 34.9 Å². The van der Waals surface area contributed by atoms with Gasteiger partial charge in [0.2, 0.25) is 0 Å². The molecule has 1 fully saturated rings. The summed E-state index contributed by atoms with van der Waals surface area (Å²) in [5.74, 6) is -0.686. The Hall–Kier alpha value is -1.09. The maximum absolute atomic E-state index is 11.7. The average Bonchev–Trinajstić information content (AvgIpc) is 2.66. The molecule has 2 aromatic carbocycles. The van der Waals surface area contributed by atoms with Gasteiger partial charge in [0.15, 0.2) is 5.60 Å². The summed E-state index contributed by atoms with van der Waals surface area (Å²) in [5, 5.41) is 22.7. The Morgan fingerprint density at radius 1 is 1.12 bits per heavy atom. The zero-order valence-corrected chi connectivity index (χ0v) is 16.8. The normalized spacial score (nSPS) is 18.3. The summed E-state index contributed by atoms with van der Waals surface area (Å²) in [5.41, 5.74) is -0.705. The molecule has 3 rings (SSSR count). The van der Waals surface area contributed by atoms with E-state index in [-0.39, 0.29) is 0 Å². The van der Waals surface area contributed by atoms with Crippen LogP contribution in [0.2, 0.25) is 0 Å². The molecule has 0 aliphatic heterocycles. The van der Waals surface area contributed by atoms with Gasteiger partial charge in [-0.3, -0.25) is 0 Å². The van der Waals surface area contributed by atoms with Crippen molar-refractivity contribution in [2.45, 2.75) is 49.0 Å². The highest BCUT2D eigenvalue weighted by molar-refractivity contribution is 8.03. The van der Waals surface area contributed by atoms with E-state index in [1.54, 1.807) is 11.8 Å². The highest BCUT2D eigenvalue weighted by Crippen LogP contribution is 2.36. The highest BCUT2D eigenvalue weighted by Gasteiger charge is 2.38. The molecule has 0 amide bonds. The van der Waals surface area contributed by atoms with Crippen LogP contribution >= 0.6 is 20.3 Å². The SMILES string of the molecule is O=C(O)C(O)(CPCSc1ccc2ccccc2c1)CC1CCCCC1. The fourth-order valence-electron chi connectivity index (χ4n) is 3.75. The number of benzene rings is 2. The van der Waals surface area contributed by atoms with Crippen LogP contribution in [0.4, 0.5) is 0 Å². The molecule has 2 unspecified atom stereocenters. The monoisotopic (exact) mass is 390 g/mol. The van der Waals surface area contributed by atoms with Gasteiger partial charge >= 0.3 is 5.97 Å².